The predicted octanol–water partition coefficient (Wildman–Crippen LogP) is 3.51. The summed E-state index contributed by atoms with van der Waals surface area (Å²) in [5, 5.41) is 11.1. The fourth-order valence-corrected chi connectivity index (χ4v) is 2.06. The van der Waals surface area contributed by atoms with Crippen LogP contribution < -0.4 is 0 Å². The van der Waals surface area contributed by atoms with Crippen molar-refractivity contribution in [3.63, 3.8) is 0 Å². The quantitative estimate of drug-likeness (QED) is 0.721. The van der Waals surface area contributed by atoms with E-state index in [1.165, 1.54) is 0 Å². The third-order valence-corrected chi connectivity index (χ3v) is 3.28. The standard InChI is InChI=1S/C13H15ClO/c1-10-6-8-13(15,9-7-10)11-2-4-12(14)5-3-11/h2-6,8,10,15H,7,9H2,1H3. The molecule has 2 heteroatoms. The second-order valence-corrected chi connectivity index (χ2v) is 4.74. The van der Waals surface area contributed by atoms with Crippen molar-refractivity contribution in [3.05, 3.63) is 47.0 Å². The number of hydrogen-bond acceptors (Lipinski definition) is 1. The summed E-state index contributed by atoms with van der Waals surface area (Å²) in [4.78, 5) is 0. The van der Waals surface area contributed by atoms with Gasteiger partial charge in [-0.15, -0.1) is 0 Å². The fraction of sp³-hybridized carbons (Fsp3) is 0.385. The normalized spacial score (nSPS) is 30.5. The monoisotopic (exact) mass is 222 g/mol. The maximum atomic E-state index is 10.4. The summed E-state index contributed by atoms with van der Waals surface area (Å²) in [6.07, 6.45) is 5.80. The Bertz CT molecular complexity index is 369. The smallest absolute Gasteiger partial charge is 0.108 e. The minimum Gasteiger partial charge on any atom is -0.381 e. The first-order valence-electron chi connectivity index (χ1n) is 5.28. The number of hydrogen-bond donors (Lipinski definition) is 1. The van der Waals surface area contributed by atoms with E-state index in [0.717, 1.165) is 18.4 Å². The Morgan fingerprint density at radius 2 is 2.00 bits per heavy atom. The average molecular weight is 223 g/mol. The Hall–Kier alpha value is -0.790. The van der Waals surface area contributed by atoms with Gasteiger partial charge in [0.25, 0.3) is 0 Å². The summed E-state index contributed by atoms with van der Waals surface area (Å²) >= 11 is 5.82. The van der Waals surface area contributed by atoms with Gasteiger partial charge in [0, 0.05) is 5.02 Å². The van der Waals surface area contributed by atoms with Crippen molar-refractivity contribution in [3.8, 4) is 0 Å². The van der Waals surface area contributed by atoms with Crippen LogP contribution in [0.5, 0.6) is 0 Å². The van der Waals surface area contributed by atoms with Gasteiger partial charge in [-0.3, -0.25) is 0 Å². The van der Waals surface area contributed by atoms with Crippen LogP contribution in [-0.4, -0.2) is 5.11 Å². The van der Waals surface area contributed by atoms with Crippen molar-refractivity contribution in [2.45, 2.75) is 25.4 Å². The number of halogens is 1. The van der Waals surface area contributed by atoms with Crippen molar-refractivity contribution in [1.29, 1.82) is 0 Å². The Labute approximate surface area is 95.4 Å². The van der Waals surface area contributed by atoms with Gasteiger partial charge in [0.15, 0.2) is 0 Å². The van der Waals surface area contributed by atoms with E-state index in [9.17, 15) is 5.11 Å². The van der Waals surface area contributed by atoms with Gasteiger partial charge in [0.1, 0.15) is 5.60 Å². The maximum absolute atomic E-state index is 10.4. The van der Waals surface area contributed by atoms with E-state index < -0.39 is 5.60 Å². The van der Waals surface area contributed by atoms with Crippen LogP contribution in [0.3, 0.4) is 0 Å². The lowest BCUT2D eigenvalue weighted by molar-refractivity contribution is 0.0673. The zero-order valence-electron chi connectivity index (χ0n) is 8.78. The van der Waals surface area contributed by atoms with Gasteiger partial charge in [-0.25, -0.2) is 0 Å². The molecule has 0 aromatic heterocycles. The molecule has 0 amide bonds. The fourth-order valence-electron chi connectivity index (χ4n) is 1.93. The molecule has 1 aliphatic carbocycles. The Morgan fingerprint density at radius 3 is 2.53 bits per heavy atom. The third-order valence-electron chi connectivity index (χ3n) is 3.03. The zero-order valence-corrected chi connectivity index (χ0v) is 9.54. The third kappa shape index (κ3) is 2.24. The van der Waals surface area contributed by atoms with E-state index in [1.807, 2.05) is 30.3 Å². The van der Waals surface area contributed by atoms with Crippen LogP contribution in [-0.2, 0) is 5.60 Å². The topological polar surface area (TPSA) is 20.2 Å². The van der Waals surface area contributed by atoms with Crippen molar-refractivity contribution >= 4 is 11.6 Å². The molecule has 80 valence electrons. The lowest BCUT2D eigenvalue weighted by atomic mass is 9.81. The largest absolute Gasteiger partial charge is 0.381 e. The summed E-state index contributed by atoms with van der Waals surface area (Å²) in [6.45, 7) is 2.16. The molecule has 2 unspecified atom stereocenters. The van der Waals surface area contributed by atoms with Crippen LogP contribution in [0.4, 0.5) is 0 Å². The van der Waals surface area contributed by atoms with E-state index >= 15 is 0 Å². The molecule has 2 rings (SSSR count). The molecule has 0 saturated carbocycles. The summed E-state index contributed by atoms with van der Waals surface area (Å²) in [6, 6.07) is 7.42. The molecular weight excluding hydrogens is 208 g/mol. The van der Waals surface area contributed by atoms with Gasteiger partial charge in [0.2, 0.25) is 0 Å². The lowest BCUT2D eigenvalue weighted by Gasteiger charge is -2.30. The Balaban J connectivity index is 2.30. The molecule has 0 radical (unpaired) electrons. The van der Waals surface area contributed by atoms with E-state index in [0.29, 0.717) is 10.9 Å². The SMILES string of the molecule is CC1C=CC(O)(c2ccc(Cl)cc2)CC1. The summed E-state index contributed by atoms with van der Waals surface area (Å²) < 4.78 is 0. The molecule has 0 spiro atoms. The predicted molar refractivity (Wildman–Crippen MR) is 62.9 cm³/mol. The number of benzene rings is 1. The van der Waals surface area contributed by atoms with Crippen molar-refractivity contribution in [1.82, 2.24) is 0 Å². The van der Waals surface area contributed by atoms with Crippen molar-refractivity contribution in [2.24, 2.45) is 5.92 Å². The first-order valence-corrected chi connectivity index (χ1v) is 5.66. The highest BCUT2D eigenvalue weighted by Crippen LogP contribution is 2.34. The number of aliphatic hydroxyl groups is 1. The average Bonchev–Trinajstić information content (AvgIpc) is 2.24. The second kappa shape index (κ2) is 3.99. The van der Waals surface area contributed by atoms with Crippen LogP contribution in [0.25, 0.3) is 0 Å². The van der Waals surface area contributed by atoms with Crippen LogP contribution >= 0.6 is 11.6 Å². The van der Waals surface area contributed by atoms with Gasteiger partial charge >= 0.3 is 0 Å². The molecule has 1 aliphatic rings. The zero-order chi connectivity index (χ0) is 10.9. The first-order chi connectivity index (χ1) is 7.10. The van der Waals surface area contributed by atoms with Gasteiger partial charge in [-0.2, -0.15) is 0 Å². The van der Waals surface area contributed by atoms with Gasteiger partial charge in [-0.1, -0.05) is 42.8 Å². The molecule has 0 fully saturated rings. The van der Waals surface area contributed by atoms with Crippen molar-refractivity contribution < 1.29 is 5.11 Å². The molecule has 0 bridgehead atoms. The van der Waals surface area contributed by atoms with Crippen LogP contribution in [0.15, 0.2) is 36.4 Å². The maximum Gasteiger partial charge on any atom is 0.108 e. The molecule has 1 nitrogen and oxygen atoms in total. The van der Waals surface area contributed by atoms with E-state index in [-0.39, 0.29) is 0 Å². The van der Waals surface area contributed by atoms with Gasteiger partial charge in [0.05, 0.1) is 0 Å². The molecule has 0 aliphatic heterocycles. The minimum atomic E-state index is -0.795. The minimum absolute atomic E-state index is 0.567. The molecular formula is C13H15ClO. The highest BCUT2D eigenvalue weighted by molar-refractivity contribution is 6.30. The molecule has 2 atom stereocenters. The summed E-state index contributed by atoms with van der Waals surface area (Å²) in [5.41, 5.74) is 0.131. The molecule has 15 heavy (non-hydrogen) atoms. The molecule has 1 N–H and O–H groups in total. The molecule has 0 saturated heterocycles. The van der Waals surface area contributed by atoms with Gasteiger partial charge in [-0.05, 0) is 36.5 Å². The van der Waals surface area contributed by atoms with Crippen LogP contribution in [0.2, 0.25) is 5.02 Å². The highest BCUT2D eigenvalue weighted by Gasteiger charge is 2.29. The second-order valence-electron chi connectivity index (χ2n) is 4.31. The lowest BCUT2D eigenvalue weighted by Crippen LogP contribution is -2.26. The first kappa shape index (κ1) is 10.7. The van der Waals surface area contributed by atoms with Crippen molar-refractivity contribution in [2.75, 3.05) is 0 Å². The van der Waals surface area contributed by atoms with Crippen LogP contribution in [0, 0.1) is 5.92 Å². The number of rotatable bonds is 1. The molecule has 1 aromatic carbocycles. The Morgan fingerprint density at radius 1 is 1.33 bits per heavy atom. The summed E-state index contributed by atoms with van der Waals surface area (Å²) in [7, 11) is 0. The Kier molecular flexibility index (Phi) is 2.85. The molecule has 0 heterocycles. The van der Waals surface area contributed by atoms with E-state index in [4.69, 9.17) is 11.6 Å². The number of allylic oxidation sites excluding steroid dienone is 1. The molecule has 1 aromatic rings. The van der Waals surface area contributed by atoms with Crippen LogP contribution in [0.1, 0.15) is 25.3 Å². The van der Waals surface area contributed by atoms with E-state index in [2.05, 4.69) is 13.0 Å². The van der Waals surface area contributed by atoms with Gasteiger partial charge < -0.3 is 5.11 Å². The summed E-state index contributed by atoms with van der Waals surface area (Å²) in [5.74, 6) is 0.567. The van der Waals surface area contributed by atoms with E-state index in [1.54, 1.807) is 0 Å². The highest BCUT2D eigenvalue weighted by atomic mass is 35.5.